The summed E-state index contributed by atoms with van der Waals surface area (Å²) in [6.45, 7) is 4.25. The molecule has 0 aliphatic carbocycles. The van der Waals surface area contributed by atoms with Crippen LogP contribution in [0.15, 0.2) is 36.7 Å². The maximum atomic E-state index is 9.14. The Morgan fingerprint density at radius 2 is 2.05 bits per heavy atom. The normalized spacial score (nSPS) is 10.3. The number of nitrogens with zero attached hydrogens (tertiary/aromatic N) is 2. The van der Waals surface area contributed by atoms with Crippen molar-refractivity contribution in [3.63, 3.8) is 0 Å². The van der Waals surface area contributed by atoms with Crippen molar-refractivity contribution >= 4 is 0 Å². The maximum absolute atomic E-state index is 9.14. The Hall–Kier alpha value is -2.34. The first-order valence-electron chi connectivity index (χ1n) is 6.19. The molecule has 3 nitrogen and oxygen atoms in total. The lowest BCUT2D eigenvalue weighted by atomic mass is 9.95. The highest BCUT2D eigenvalue weighted by molar-refractivity contribution is 5.71. The Bertz CT molecular complexity index is 627. The molecule has 0 aliphatic rings. The van der Waals surface area contributed by atoms with Crippen LogP contribution in [0.5, 0.6) is 5.75 Å². The van der Waals surface area contributed by atoms with Gasteiger partial charge in [0.25, 0.3) is 0 Å². The Labute approximate surface area is 113 Å². The van der Waals surface area contributed by atoms with Crippen molar-refractivity contribution in [3.05, 3.63) is 47.8 Å². The lowest BCUT2D eigenvalue weighted by Crippen LogP contribution is -1.95. The van der Waals surface area contributed by atoms with Crippen LogP contribution in [-0.4, -0.2) is 12.1 Å². The first kappa shape index (κ1) is 13.1. The number of methoxy groups -OCH3 is 1. The van der Waals surface area contributed by atoms with E-state index in [2.05, 4.69) is 31.0 Å². The van der Waals surface area contributed by atoms with E-state index >= 15 is 0 Å². The third kappa shape index (κ3) is 2.58. The average Bonchev–Trinajstić information content (AvgIpc) is 2.46. The molecule has 2 rings (SSSR count). The van der Waals surface area contributed by atoms with E-state index in [1.54, 1.807) is 19.5 Å². The molecule has 0 amide bonds. The molecule has 3 heteroatoms. The Morgan fingerprint density at radius 3 is 2.68 bits per heavy atom. The van der Waals surface area contributed by atoms with E-state index in [0.29, 0.717) is 11.5 Å². The van der Waals surface area contributed by atoms with Gasteiger partial charge in [0.2, 0.25) is 0 Å². The molecule has 0 fully saturated rings. The molecule has 19 heavy (non-hydrogen) atoms. The molecule has 0 unspecified atom stereocenters. The van der Waals surface area contributed by atoms with E-state index in [1.165, 1.54) is 0 Å². The minimum Gasteiger partial charge on any atom is -0.496 e. The zero-order valence-corrected chi connectivity index (χ0v) is 11.3. The van der Waals surface area contributed by atoms with E-state index in [9.17, 15) is 0 Å². The van der Waals surface area contributed by atoms with Crippen LogP contribution in [0.3, 0.4) is 0 Å². The van der Waals surface area contributed by atoms with Gasteiger partial charge >= 0.3 is 0 Å². The number of aromatic nitrogens is 1. The predicted molar refractivity (Wildman–Crippen MR) is 75.0 cm³/mol. The quantitative estimate of drug-likeness (QED) is 0.835. The molecule has 0 bridgehead atoms. The molecule has 0 aliphatic heterocycles. The molecule has 2 aromatic rings. The predicted octanol–water partition coefficient (Wildman–Crippen LogP) is 3.75. The van der Waals surface area contributed by atoms with E-state index in [1.807, 2.05) is 18.2 Å². The molecule has 0 saturated heterocycles. The van der Waals surface area contributed by atoms with Gasteiger partial charge in [-0.3, -0.25) is 4.98 Å². The highest BCUT2D eigenvalue weighted by Gasteiger charge is 2.11. The summed E-state index contributed by atoms with van der Waals surface area (Å²) >= 11 is 0. The fourth-order valence-corrected chi connectivity index (χ4v) is 2.09. The minimum absolute atomic E-state index is 0.363. The molecule has 0 atom stereocenters. The molecule has 0 saturated carbocycles. The monoisotopic (exact) mass is 252 g/mol. The highest BCUT2D eigenvalue weighted by Crippen LogP contribution is 2.32. The van der Waals surface area contributed by atoms with Crippen LogP contribution in [0.1, 0.15) is 30.9 Å². The van der Waals surface area contributed by atoms with Crippen molar-refractivity contribution in [1.82, 2.24) is 4.98 Å². The third-order valence-electron chi connectivity index (χ3n) is 3.10. The van der Waals surface area contributed by atoms with Crippen molar-refractivity contribution in [3.8, 4) is 22.9 Å². The summed E-state index contributed by atoms with van der Waals surface area (Å²) in [4.78, 5) is 3.99. The SMILES string of the molecule is COc1ccc(-c2ccncc2C#N)cc1C(C)C. The topological polar surface area (TPSA) is 45.9 Å². The summed E-state index contributed by atoms with van der Waals surface area (Å²) in [5.74, 6) is 1.24. The minimum atomic E-state index is 0.363. The average molecular weight is 252 g/mol. The summed E-state index contributed by atoms with van der Waals surface area (Å²) in [6, 6.07) is 10.0. The van der Waals surface area contributed by atoms with Gasteiger partial charge in [-0.2, -0.15) is 5.26 Å². The molecular formula is C16H16N2O. The number of ether oxygens (including phenoxy) is 1. The van der Waals surface area contributed by atoms with Crippen LogP contribution >= 0.6 is 0 Å². The second kappa shape index (κ2) is 5.53. The standard InChI is InChI=1S/C16H16N2O/c1-11(2)15-8-12(4-5-16(15)19-3)14-6-7-18-10-13(14)9-17/h4-8,10-11H,1-3H3. The van der Waals surface area contributed by atoms with Crippen molar-refractivity contribution in [1.29, 1.82) is 5.26 Å². The van der Waals surface area contributed by atoms with Crippen molar-refractivity contribution in [2.24, 2.45) is 0 Å². The van der Waals surface area contributed by atoms with Gasteiger partial charge in [-0.1, -0.05) is 19.9 Å². The Balaban J connectivity index is 2.58. The molecule has 96 valence electrons. The van der Waals surface area contributed by atoms with Gasteiger partial charge in [0, 0.05) is 18.0 Å². The smallest absolute Gasteiger partial charge is 0.122 e. The molecule has 1 aromatic carbocycles. The molecule has 0 N–H and O–H groups in total. The largest absolute Gasteiger partial charge is 0.496 e. The van der Waals surface area contributed by atoms with Crippen LogP contribution in [0, 0.1) is 11.3 Å². The van der Waals surface area contributed by atoms with Gasteiger partial charge in [0.05, 0.1) is 12.7 Å². The lowest BCUT2D eigenvalue weighted by Gasteiger charge is -2.14. The molecule has 0 radical (unpaired) electrons. The van der Waals surface area contributed by atoms with E-state index in [-0.39, 0.29) is 0 Å². The summed E-state index contributed by atoms with van der Waals surface area (Å²) in [6.07, 6.45) is 3.30. The fourth-order valence-electron chi connectivity index (χ4n) is 2.09. The van der Waals surface area contributed by atoms with Gasteiger partial charge in [0.15, 0.2) is 0 Å². The van der Waals surface area contributed by atoms with Gasteiger partial charge in [-0.15, -0.1) is 0 Å². The number of hydrogen-bond donors (Lipinski definition) is 0. The van der Waals surface area contributed by atoms with Crippen LogP contribution in [0.4, 0.5) is 0 Å². The van der Waals surface area contributed by atoms with Crippen LogP contribution < -0.4 is 4.74 Å². The van der Waals surface area contributed by atoms with E-state index < -0.39 is 0 Å². The van der Waals surface area contributed by atoms with Crippen LogP contribution in [-0.2, 0) is 0 Å². The first-order valence-corrected chi connectivity index (χ1v) is 6.19. The summed E-state index contributed by atoms with van der Waals surface area (Å²) in [5, 5.41) is 9.14. The Kier molecular flexibility index (Phi) is 3.82. The lowest BCUT2D eigenvalue weighted by molar-refractivity contribution is 0.407. The third-order valence-corrected chi connectivity index (χ3v) is 3.10. The van der Waals surface area contributed by atoms with Gasteiger partial charge in [-0.05, 0) is 35.2 Å². The number of benzene rings is 1. The number of rotatable bonds is 3. The number of hydrogen-bond acceptors (Lipinski definition) is 3. The van der Waals surface area contributed by atoms with Crippen molar-refractivity contribution < 1.29 is 4.74 Å². The molecule has 1 heterocycles. The molecule has 0 spiro atoms. The first-order chi connectivity index (χ1) is 9.17. The van der Waals surface area contributed by atoms with Gasteiger partial charge in [0.1, 0.15) is 11.8 Å². The summed E-state index contributed by atoms with van der Waals surface area (Å²) < 4.78 is 5.38. The van der Waals surface area contributed by atoms with Crippen LogP contribution in [0.2, 0.25) is 0 Å². The van der Waals surface area contributed by atoms with Gasteiger partial charge < -0.3 is 4.74 Å². The number of pyridine rings is 1. The fraction of sp³-hybridized carbons (Fsp3) is 0.250. The highest BCUT2D eigenvalue weighted by atomic mass is 16.5. The second-order valence-corrected chi connectivity index (χ2v) is 4.64. The summed E-state index contributed by atoms with van der Waals surface area (Å²) in [7, 11) is 1.67. The second-order valence-electron chi connectivity index (χ2n) is 4.64. The maximum Gasteiger partial charge on any atom is 0.122 e. The van der Waals surface area contributed by atoms with E-state index in [4.69, 9.17) is 10.00 Å². The zero-order valence-electron chi connectivity index (χ0n) is 11.3. The zero-order chi connectivity index (χ0) is 13.8. The van der Waals surface area contributed by atoms with Gasteiger partial charge in [-0.25, -0.2) is 0 Å². The van der Waals surface area contributed by atoms with E-state index in [0.717, 1.165) is 22.4 Å². The summed E-state index contributed by atoms with van der Waals surface area (Å²) in [5.41, 5.74) is 3.65. The number of nitriles is 1. The molecule has 1 aromatic heterocycles. The Morgan fingerprint density at radius 1 is 1.26 bits per heavy atom. The van der Waals surface area contributed by atoms with Crippen LogP contribution in [0.25, 0.3) is 11.1 Å². The van der Waals surface area contributed by atoms with Crippen molar-refractivity contribution in [2.45, 2.75) is 19.8 Å². The van der Waals surface area contributed by atoms with Crippen molar-refractivity contribution in [2.75, 3.05) is 7.11 Å². The molecular weight excluding hydrogens is 236 g/mol.